The van der Waals surface area contributed by atoms with E-state index in [4.69, 9.17) is 4.74 Å². The topological polar surface area (TPSA) is 79.0 Å². The number of amides is 2. The zero-order chi connectivity index (χ0) is 20.7. The molecule has 7 nitrogen and oxygen atoms in total. The van der Waals surface area contributed by atoms with E-state index < -0.39 is 6.04 Å². The largest absolute Gasteiger partial charge is 0.464 e. The number of carbonyl (C=O) groups excluding carboxylic acids is 3. The number of likely N-dealkylation sites (tertiary alicyclic amines) is 1. The van der Waals surface area contributed by atoms with Crippen LogP contribution in [0.1, 0.15) is 37.3 Å². The van der Waals surface area contributed by atoms with Gasteiger partial charge in [0.15, 0.2) is 0 Å². The maximum absolute atomic E-state index is 12.7. The molecular formula is C21H31N3O4. The van der Waals surface area contributed by atoms with Crippen molar-refractivity contribution in [2.45, 2.75) is 46.1 Å². The number of anilines is 1. The molecular weight excluding hydrogens is 358 g/mol. The summed E-state index contributed by atoms with van der Waals surface area (Å²) in [6.45, 7) is 6.74. The number of aryl methyl sites for hydroxylation is 1. The average Bonchev–Trinajstić information content (AvgIpc) is 2.65. The molecule has 2 amide bonds. The minimum absolute atomic E-state index is 0.0795. The van der Waals surface area contributed by atoms with E-state index in [0.717, 1.165) is 29.7 Å². The van der Waals surface area contributed by atoms with E-state index in [9.17, 15) is 14.4 Å². The molecule has 0 unspecified atom stereocenters. The van der Waals surface area contributed by atoms with Gasteiger partial charge in [-0.15, -0.1) is 0 Å². The van der Waals surface area contributed by atoms with Gasteiger partial charge in [-0.1, -0.05) is 12.1 Å². The molecule has 154 valence electrons. The van der Waals surface area contributed by atoms with Gasteiger partial charge < -0.3 is 15.0 Å². The van der Waals surface area contributed by atoms with Gasteiger partial charge in [-0.3, -0.25) is 14.5 Å². The summed E-state index contributed by atoms with van der Waals surface area (Å²) in [5, 5.41) is 2.90. The van der Waals surface area contributed by atoms with Gasteiger partial charge >= 0.3 is 5.97 Å². The Labute approximate surface area is 167 Å². The van der Waals surface area contributed by atoms with Gasteiger partial charge in [0.25, 0.3) is 0 Å². The summed E-state index contributed by atoms with van der Waals surface area (Å²) in [6.07, 6.45) is 2.40. The first-order chi connectivity index (χ1) is 13.3. The summed E-state index contributed by atoms with van der Waals surface area (Å²) in [7, 11) is 1.73. The lowest BCUT2D eigenvalue weighted by atomic mass is 10.0. The van der Waals surface area contributed by atoms with Crippen LogP contribution < -0.4 is 5.32 Å². The molecule has 0 bridgehead atoms. The molecule has 1 heterocycles. The molecule has 0 spiro atoms. The molecule has 1 aliphatic heterocycles. The van der Waals surface area contributed by atoms with Crippen LogP contribution >= 0.6 is 0 Å². The lowest BCUT2D eigenvalue weighted by molar-refractivity contribution is -0.157. The normalized spacial score (nSPS) is 16.8. The van der Waals surface area contributed by atoms with E-state index >= 15 is 0 Å². The highest BCUT2D eigenvalue weighted by molar-refractivity contribution is 5.93. The fourth-order valence-electron chi connectivity index (χ4n) is 3.41. The number of benzene rings is 1. The molecule has 0 radical (unpaired) electrons. The number of rotatable bonds is 7. The Kier molecular flexibility index (Phi) is 7.99. The van der Waals surface area contributed by atoms with Crippen LogP contribution in [0, 0.1) is 13.8 Å². The molecule has 1 N–H and O–H groups in total. The van der Waals surface area contributed by atoms with Crippen LogP contribution in [-0.4, -0.2) is 66.9 Å². The van der Waals surface area contributed by atoms with E-state index in [0.29, 0.717) is 19.6 Å². The highest BCUT2D eigenvalue weighted by Crippen LogP contribution is 2.19. The van der Waals surface area contributed by atoms with Gasteiger partial charge in [0.2, 0.25) is 11.8 Å². The Morgan fingerprint density at radius 3 is 2.68 bits per heavy atom. The van der Waals surface area contributed by atoms with Crippen LogP contribution in [0.4, 0.5) is 5.69 Å². The molecule has 7 heteroatoms. The van der Waals surface area contributed by atoms with Gasteiger partial charge in [-0.05, 0) is 64.3 Å². The third kappa shape index (κ3) is 5.79. The van der Waals surface area contributed by atoms with Crippen molar-refractivity contribution in [2.75, 3.05) is 38.6 Å². The second-order valence-electron chi connectivity index (χ2n) is 7.32. The van der Waals surface area contributed by atoms with Crippen molar-refractivity contribution in [2.24, 2.45) is 0 Å². The first-order valence-electron chi connectivity index (χ1n) is 9.84. The Morgan fingerprint density at radius 1 is 1.21 bits per heavy atom. The predicted molar refractivity (Wildman–Crippen MR) is 108 cm³/mol. The molecule has 0 aromatic heterocycles. The quantitative estimate of drug-likeness (QED) is 0.723. The van der Waals surface area contributed by atoms with Crippen molar-refractivity contribution in [3.8, 4) is 0 Å². The van der Waals surface area contributed by atoms with Crippen molar-refractivity contribution in [3.63, 3.8) is 0 Å². The van der Waals surface area contributed by atoms with Crippen LogP contribution in [-0.2, 0) is 19.1 Å². The van der Waals surface area contributed by atoms with Crippen molar-refractivity contribution >= 4 is 23.5 Å². The van der Waals surface area contributed by atoms with Crippen LogP contribution in [0.2, 0.25) is 0 Å². The molecule has 1 aromatic rings. The maximum atomic E-state index is 12.7. The van der Waals surface area contributed by atoms with Crippen molar-refractivity contribution in [3.05, 3.63) is 29.3 Å². The SMILES string of the molecule is CCOC(=O)[C@@H]1CCCCN1C(=O)CN(C)CC(=O)Nc1cccc(C)c1C. The van der Waals surface area contributed by atoms with E-state index in [1.165, 1.54) is 0 Å². The summed E-state index contributed by atoms with van der Waals surface area (Å²) in [5.74, 6) is -0.671. The lowest BCUT2D eigenvalue weighted by Crippen LogP contribution is -2.51. The fraction of sp³-hybridized carbons (Fsp3) is 0.571. The molecule has 0 saturated carbocycles. The van der Waals surface area contributed by atoms with Crippen LogP contribution in [0.15, 0.2) is 18.2 Å². The van der Waals surface area contributed by atoms with E-state index in [1.54, 1.807) is 23.8 Å². The second-order valence-corrected chi connectivity index (χ2v) is 7.32. The van der Waals surface area contributed by atoms with Crippen molar-refractivity contribution in [1.82, 2.24) is 9.80 Å². The number of hydrogen-bond acceptors (Lipinski definition) is 5. The zero-order valence-corrected chi connectivity index (χ0v) is 17.3. The van der Waals surface area contributed by atoms with E-state index in [-0.39, 0.29) is 30.9 Å². The molecule has 0 aliphatic carbocycles. The first kappa shape index (κ1) is 21.9. The third-order valence-corrected chi connectivity index (χ3v) is 5.08. The Balaban J connectivity index is 1.91. The zero-order valence-electron chi connectivity index (χ0n) is 17.3. The standard InChI is InChI=1S/C21H31N3O4/c1-5-28-21(27)18-11-6-7-12-24(18)20(26)14-23(4)13-19(25)22-17-10-8-9-15(2)16(17)3/h8-10,18H,5-7,11-14H2,1-4H3,(H,22,25)/t18-/m0/s1. The Bertz CT molecular complexity index is 720. The molecule has 28 heavy (non-hydrogen) atoms. The highest BCUT2D eigenvalue weighted by Gasteiger charge is 2.33. The summed E-state index contributed by atoms with van der Waals surface area (Å²) < 4.78 is 5.11. The molecule has 1 aromatic carbocycles. The minimum atomic E-state index is -0.515. The number of likely N-dealkylation sites (N-methyl/N-ethyl adjacent to an activating group) is 1. The summed E-state index contributed by atoms with van der Waals surface area (Å²) >= 11 is 0. The summed E-state index contributed by atoms with van der Waals surface area (Å²) in [6, 6.07) is 5.24. The highest BCUT2D eigenvalue weighted by atomic mass is 16.5. The number of esters is 1. The van der Waals surface area contributed by atoms with Gasteiger partial charge in [-0.2, -0.15) is 0 Å². The smallest absolute Gasteiger partial charge is 0.328 e. The van der Waals surface area contributed by atoms with E-state index in [2.05, 4.69) is 5.32 Å². The number of nitrogens with one attached hydrogen (secondary N) is 1. The molecule has 1 saturated heterocycles. The summed E-state index contributed by atoms with van der Waals surface area (Å²) in [4.78, 5) is 40.5. The second kappa shape index (κ2) is 10.2. The Hall–Kier alpha value is -2.41. The van der Waals surface area contributed by atoms with Gasteiger partial charge in [0, 0.05) is 12.2 Å². The first-order valence-corrected chi connectivity index (χ1v) is 9.84. The third-order valence-electron chi connectivity index (χ3n) is 5.08. The number of ether oxygens (including phenoxy) is 1. The van der Waals surface area contributed by atoms with Crippen molar-refractivity contribution < 1.29 is 19.1 Å². The van der Waals surface area contributed by atoms with E-state index in [1.807, 2.05) is 32.0 Å². The monoisotopic (exact) mass is 389 g/mol. The molecule has 1 aliphatic rings. The maximum Gasteiger partial charge on any atom is 0.328 e. The fourth-order valence-corrected chi connectivity index (χ4v) is 3.41. The number of hydrogen-bond donors (Lipinski definition) is 1. The van der Waals surface area contributed by atoms with Gasteiger partial charge in [0.1, 0.15) is 6.04 Å². The lowest BCUT2D eigenvalue weighted by Gasteiger charge is -2.35. The van der Waals surface area contributed by atoms with Crippen molar-refractivity contribution in [1.29, 1.82) is 0 Å². The predicted octanol–water partition coefficient (Wildman–Crippen LogP) is 2.12. The molecule has 1 atom stereocenters. The van der Waals surface area contributed by atoms with Gasteiger partial charge in [-0.25, -0.2) is 4.79 Å². The van der Waals surface area contributed by atoms with Gasteiger partial charge in [0.05, 0.1) is 19.7 Å². The summed E-state index contributed by atoms with van der Waals surface area (Å²) in [5.41, 5.74) is 2.92. The average molecular weight is 389 g/mol. The minimum Gasteiger partial charge on any atom is -0.464 e. The number of piperidine rings is 1. The number of nitrogens with zero attached hydrogens (tertiary/aromatic N) is 2. The Morgan fingerprint density at radius 2 is 1.96 bits per heavy atom. The van der Waals surface area contributed by atoms with Crippen LogP contribution in [0.5, 0.6) is 0 Å². The molecule has 1 fully saturated rings. The number of carbonyl (C=O) groups is 3. The van der Waals surface area contributed by atoms with Crippen LogP contribution in [0.25, 0.3) is 0 Å². The molecule has 2 rings (SSSR count). The van der Waals surface area contributed by atoms with Crippen LogP contribution in [0.3, 0.4) is 0 Å².